The number of carboxylic acids is 4. The molecular formula is C22H34N4O12S2. The monoisotopic (exact) mass is 610 g/mol. The number of carboxylic acid groups (broad SMARTS) is 4. The smallest absolute Gasteiger partial charge is 0.322 e. The van der Waals surface area contributed by atoms with Crippen LogP contribution >= 0.6 is 21.6 Å². The van der Waals surface area contributed by atoms with E-state index in [-0.39, 0.29) is 50.0 Å². The maximum atomic E-state index is 12.5. The molecule has 0 spiro atoms. The molecule has 2 amide bonds. The van der Waals surface area contributed by atoms with E-state index >= 15 is 0 Å². The van der Waals surface area contributed by atoms with Gasteiger partial charge < -0.3 is 42.5 Å². The minimum atomic E-state index is -1.31. The summed E-state index contributed by atoms with van der Waals surface area (Å²) < 4.78 is 0. The molecule has 0 aromatic carbocycles. The van der Waals surface area contributed by atoms with Gasteiger partial charge in [-0.1, -0.05) is 21.6 Å². The Kier molecular flexibility index (Phi) is 18.2. The predicted molar refractivity (Wildman–Crippen MR) is 142 cm³/mol. The molecule has 0 fully saturated rings. The quantitative estimate of drug-likeness (QED) is 0.0472. The highest BCUT2D eigenvalue weighted by Crippen LogP contribution is 2.29. The zero-order valence-corrected chi connectivity index (χ0v) is 23.0. The fourth-order valence-corrected chi connectivity index (χ4v) is 5.59. The van der Waals surface area contributed by atoms with E-state index in [4.69, 9.17) is 31.9 Å². The van der Waals surface area contributed by atoms with Gasteiger partial charge in [-0.3, -0.25) is 38.4 Å². The maximum Gasteiger partial charge on any atom is 0.322 e. The number of aliphatic carboxylic acids is 4. The molecule has 0 aliphatic heterocycles. The molecule has 4 atom stereocenters. The number of carbonyl (C=O) groups excluding carboxylic acids is 4. The van der Waals surface area contributed by atoms with Crippen molar-refractivity contribution in [1.29, 1.82) is 0 Å². The molecule has 0 aliphatic rings. The molecule has 0 aliphatic carbocycles. The van der Waals surface area contributed by atoms with Gasteiger partial charge in [-0.2, -0.15) is 0 Å². The van der Waals surface area contributed by atoms with Gasteiger partial charge >= 0.3 is 23.9 Å². The minimum Gasteiger partial charge on any atom is -0.480 e. The first kappa shape index (κ1) is 36.8. The normalized spacial score (nSPS) is 13.8. The van der Waals surface area contributed by atoms with E-state index in [1.54, 1.807) is 0 Å². The van der Waals surface area contributed by atoms with E-state index < -0.39 is 84.3 Å². The van der Waals surface area contributed by atoms with Crippen LogP contribution in [0, 0.1) is 11.8 Å². The van der Waals surface area contributed by atoms with Crippen molar-refractivity contribution in [2.45, 2.75) is 50.6 Å². The average molecular weight is 611 g/mol. The fraction of sp³-hybridized carbons (Fsp3) is 0.636. The number of rotatable bonds is 23. The maximum absolute atomic E-state index is 12.5. The van der Waals surface area contributed by atoms with Crippen molar-refractivity contribution in [2.75, 3.05) is 24.6 Å². The summed E-state index contributed by atoms with van der Waals surface area (Å²) in [6.07, 6.45) is -1.39. The fourth-order valence-electron chi connectivity index (χ4n) is 2.96. The molecule has 0 unspecified atom stereocenters. The Balaban J connectivity index is 5.18. The van der Waals surface area contributed by atoms with E-state index in [2.05, 4.69) is 10.6 Å². The third-order valence-corrected chi connectivity index (χ3v) is 7.80. The lowest BCUT2D eigenvalue weighted by Crippen LogP contribution is -2.37. The van der Waals surface area contributed by atoms with Crippen LogP contribution < -0.4 is 22.1 Å². The minimum absolute atomic E-state index is 0.0162. The second-order valence-electron chi connectivity index (χ2n) is 8.64. The highest BCUT2D eigenvalue weighted by Gasteiger charge is 2.26. The van der Waals surface area contributed by atoms with Crippen LogP contribution in [-0.4, -0.2) is 104 Å². The number of amides is 2. The zero-order chi connectivity index (χ0) is 30.8. The van der Waals surface area contributed by atoms with Crippen molar-refractivity contribution in [3.8, 4) is 0 Å². The summed E-state index contributed by atoms with van der Waals surface area (Å²) in [6, 6.07) is -2.53. The summed E-state index contributed by atoms with van der Waals surface area (Å²) in [7, 11) is 2.09. The van der Waals surface area contributed by atoms with Crippen molar-refractivity contribution in [3.05, 3.63) is 0 Å². The van der Waals surface area contributed by atoms with E-state index in [9.17, 15) is 38.4 Å². The predicted octanol–water partition coefficient (Wildman–Crippen LogP) is -1.70. The molecule has 0 heterocycles. The summed E-state index contributed by atoms with van der Waals surface area (Å²) >= 11 is 0. The van der Waals surface area contributed by atoms with E-state index in [1.807, 2.05) is 0 Å². The Morgan fingerprint density at radius 2 is 0.925 bits per heavy atom. The van der Waals surface area contributed by atoms with Crippen molar-refractivity contribution in [1.82, 2.24) is 10.6 Å². The Hall–Kier alpha value is -3.22. The van der Waals surface area contributed by atoms with Crippen LogP contribution in [-0.2, 0) is 38.4 Å². The van der Waals surface area contributed by atoms with Crippen molar-refractivity contribution in [3.63, 3.8) is 0 Å². The third kappa shape index (κ3) is 17.4. The van der Waals surface area contributed by atoms with Crippen LogP contribution in [0.3, 0.4) is 0 Å². The number of carbonyl (C=O) groups is 8. The van der Waals surface area contributed by atoms with E-state index in [0.29, 0.717) is 0 Å². The lowest BCUT2D eigenvalue weighted by Gasteiger charge is -2.18. The Bertz CT molecular complexity index is 875. The zero-order valence-electron chi connectivity index (χ0n) is 21.4. The van der Waals surface area contributed by atoms with Gasteiger partial charge in [-0.15, -0.1) is 0 Å². The van der Waals surface area contributed by atoms with Gasteiger partial charge in [-0.05, 0) is 12.8 Å². The number of nitrogens with one attached hydrogen (secondary N) is 2. The number of nitrogens with two attached hydrogens (primary N) is 2. The van der Waals surface area contributed by atoms with Crippen molar-refractivity contribution in [2.24, 2.45) is 23.3 Å². The van der Waals surface area contributed by atoms with Crippen LogP contribution in [0.25, 0.3) is 0 Å². The van der Waals surface area contributed by atoms with Gasteiger partial charge in [0.1, 0.15) is 36.7 Å². The SMILES string of the molecule is N[C@@H](CCC(=O)C[C@@H](CSSC[C@H](CC(=O)CC[C@H](N)C(=O)O)C(=O)NCC(=O)O)C(=O)NCC(=O)O)C(=O)O. The first-order valence-corrected chi connectivity index (χ1v) is 14.4. The molecule has 0 bridgehead atoms. The molecule has 0 aromatic heterocycles. The molecule has 0 radical (unpaired) electrons. The highest BCUT2D eigenvalue weighted by molar-refractivity contribution is 8.76. The number of hydrogen-bond acceptors (Lipinski definition) is 12. The van der Waals surface area contributed by atoms with Crippen LogP contribution in [0.1, 0.15) is 38.5 Å². The number of hydrogen-bond donors (Lipinski definition) is 8. The van der Waals surface area contributed by atoms with Crippen LogP contribution in [0.2, 0.25) is 0 Å². The van der Waals surface area contributed by atoms with Crippen LogP contribution in [0.15, 0.2) is 0 Å². The largest absolute Gasteiger partial charge is 0.480 e. The van der Waals surface area contributed by atoms with E-state index in [1.165, 1.54) is 0 Å². The van der Waals surface area contributed by atoms with E-state index in [0.717, 1.165) is 21.6 Å². The molecule has 16 nitrogen and oxygen atoms in total. The molecule has 0 rings (SSSR count). The van der Waals surface area contributed by atoms with Crippen LogP contribution in [0.4, 0.5) is 0 Å². The standard InChI is InChI=1S/C22H34N4O12S2/c23-15(21(35)36)3-1-13(27)5-11(19(33)25-7-17(29)30)9-39-40-10-12(20(34)26-8-18(31)32)6-14(28)2-4-16(24)22(37)38/h11-12,15-16H,1-10,23-24H2,(H,25,33)(H,26,34)(H,29,30)(H,31,32)(H,35,36)(H,37,38)/t11-,12-,15-,16-/m0/s1. The molecule has 0 aromatic rings. The van der Waals surface area contributed by atoms with Gasteiger partial charge in [-0.25, -0.2) is 0 Å². The lowest BCUT2D eigenvalue weighted by molar-refractivity contribution is -0.140. The van der Waals surface area contributed by atoms with Gasteiger partial charge in [0, 0.05) is 37.2 Å². The Labute approximate surface area is 236 Å². The van der Waals surface area contributed by atoms with Gasteiger partial charge in [0.05, 0.1) is 11.8 Å². The van der Waals surface area contributed by atoms with Gasteiger partial charge in [0.25, 0.3) is 0 Å². The van der Waals surface area contributed by atoms with Crippen LogP contribution in [0.5, 0.6) is 0 Å². The molecule has 226 valence electrons. The van der Waals surface area contributed by atoms with Crippen molar-refractivity contribution < 1.29 is 58.8 Å². The number of Topliss-reactive ketones (excluding diaryl/α,β-unsaturated/α-hetero) is 2. The molecule has 18 heteroatoms. The summed E-state index contributed by atoms with van der Waals surface area (Å²) in [5.41, 5.74) is 10.8. The summed E-state index contributed by atoms with van der Waals surface area (Å²) in [4.78, 5) is 92.8. The lowest BCUT2D eigenvalue weighted by atomic mass is 9.99. The molecular weight excluding hydrogens is 576 g/mol. The number of ketones is 2. The highest BCUT2D eigenvalue weighted by atomic mass is 33.1. The Morgan fingerprint density at radius 1 is 0.600 bits per heavy atom. The molecule has 10 N–H and O–H groups in total. The molecule has 0 saturated heterocycles. The second-order valence-corrected chi connectivity index (χ2v) is 11.2. The molecule has 40 heavy (non-hydrogen) atoms. The average Bonchev–Trinajstić information content (AvgIpc) is 2.87. The molecule has 0 saturated carbocycles. The van der Waals surface area contributed by atoms with Crippen molar-refractivity contribution >= 4 is 68.8 Å². The summed E-state index contributed by atoms with van der Waals surface area (Å²) in [5.74, 6) is -9.61. The topological polar surface area (TPSA) is 294 Å². The second kappa shape index (κ2) is 19.8. The Morgan fingerprint density at radius 3 is 1.20 bits per heavy atom. The first-order valence-electron chi connectivity index (χ1n) is 11.9. The van der Waals surface area contributed by atoms with Gasteiger partial charge in [0.15, 0.2) is 0 Å². The first-order chi connectivity index (χ1) is 18.6. The third-order valence-electron chi connectivity index (χ3n) is 5.24. The summed E-state index contributed by atoms with van der Waals surface area (Å²) in [6.45, 7) is -1.38. The summed E-state index contributed by atoms with van der Waals surface area (Å²) in [5, 5.41) is 39.6. The van der Waals surface area contributed by atoms with Gasteiger partial charge in [0.2, 0.25) is 11.8 Å².